The molecule has 0 aliphatic carbocycles. The average Bonchev–Trinajstić information content (AvgIpc) is 2.65. The average molecular weight is 432 g/mol. The van der Waals surface area contributed by atoms with Crippen molar-refractivity contribution in [2.45, 2.75) is 45.1 Å². The zero-order valence-electron chi connectivity index (χ0n) is 18.1. The van der Waals surface area contributed by atoms with Crippen LogP contribution < -0.4 is 4.72 Å². The Kier molecular flexibility index (Phi) is 8.20. The van der Waals surface area contributed by atoms with Gasteiger partial charge < -0.3 is 9.47 Å². The number of hydrogen-bond donors (Lipinski definition) is 1. The third kappa shape index (κ3) is 6.71. The molecular formula is C23H29NO5S. The molecule has 0 heterocycles. The van der Waals surface area contributed by atoms with Crippen LogP contribution >= 0.6 is 0 Å². The summed E-state index contributed by atoms with van der Waals surface area (Å²) in [5.74, 6) is 0. The maximum absolute atomic E-state index is 13.2. The minimum atomic E-state index is -3.77. The summed E-state index contributed by atoms with van der Waals surface area (Å²) in [6.07, 6.45) is 1.44. The number of methoxy groups -OCH3 is 1. The normalized spacial score (nSPS) is 13.0. The number of sulfonamides is 1. The molecule has 30 heavy (non-hydrogen) atoms. The van der Waals surface area contributed by atoms with E-state index in [0.717, 1.165) is 11.1 Å². The molecule has 0 amide bonds. The van der Waals surface area contributed by atoms with E-state index in [1.165, 1.54) is 7.11 Å². The zero-order chi connectivity index (χ0) is 22.3. The summed E-state index contributed by atoms with van der Waals surface area (Å²) in [4.78, 5) is 11.5. The fraction of sp³-hybridized carbons (Fsp3) is 0.348. The second kappa shape index (κ2) is 10.4. The summed E-state index contributed by atoms with van der Waals surface area (Å²) in [5.41, 5.74) is 4.11. The Labute approximate surface area is 179 Å². The Bertz CT molecular complexity index is 990. The van der Waals surface area contributed by atoms with E-state index in [-0.39, 0.29) is 6.61 Å². The van der Waals surface area contributed by atoms with Gasteiger partial charge in [-0.1, -0.05) is 54.1 Å². The van der Waals surface area contributed by atoms with E-state index in [1.807, 2.05) is 49.4 Å². The maximum atomic E-state index is 13.2. The predicted octanol–water partition coefficient (Wildman–Crippen LogP) is 4.23. The number of aryl methyl sites for hydroxylation is 3. The lowest BCUT2D eigenvalue weighted by Gasteiger charge is -2.19. The Balaban J connectivity index is 2.33. The van der Waals surface area contributed by atoms with Crippen molar-refractivity contribution < 1.29 is 22.7 Å². The highest BCUT2D eigenvalue weighted by atomic mass is 32.2. The van der Waals surface area contributed by atoms with E-state index in [2.05, 4.69) is 9.46 Å². The van der Waals surface area contributed by atoms with Gasteiger partial charge in [-0.2, -0.15) is 0 Å². The van der Waals surface area contributed by atoms with Crippen molar-refractivity contribution >= 4 is 16.2 Å². The summed E-state index contributed by atoms with van der Waals surface area (Å²) < 4.78 is 38.7. The lowest BCUT2D eigenvalue weighted by atomic mass is 10.0. The number of rotatable bonds is 8. The van der Waals surface area contributed by atoms with E-state index < -0.39 is 22.2 Å². The van der Waals surface area contributed by atoms with Gasteiger partial charge in [-0.3, -0.25) is 0 Å². The van der Waals surface area contributed by atoms with Crippen LogP contribution in [0.25, 0.3) is 0 Å². The van der Waals surface area contributed by atoms with Crippen LogP contribution in [0.1, 0.15) is 29.2 Å². The molecule has 162 valence electrons. The molecule has 1 N–H and O–H groups in total. The van der Waals surface area contributed by atoms with Crippen molar-refractivity contribution in [2.75, 3.05) is 13.7 Å². The summed E-state index contributed by atoms with van der Waals surface area (Å²) in [6.45, 7) is 7.33. The number of carbonyl (C=O) groups excluding carboxylic acids is 1. The molecule has 2 aromatic rings. The van der Waals surface area contributed by atoms with Gasteiger partial charge in [0.25, 0.3) is 0 Å². The van der Waals surface area contributed by atoms with E-state index in [0.29, 0.717) is 28.0 Å². The monoisotopic (exact) mass is 431 g/mol. The van der Waals surface area contributed by atoms with Gasteiger partial charge in [-0.15, -0.1) is 0 Å². The zero-order valence-corrected chi connectivity index (χ0v) is 18.9. The first kappa shape index (κ1) is 23.6. The number of carbonyl (C=O) groups is 1. The summed E-state index contributed by atoms with van der Waals surface area (Å²) >= 11 is 0. The van der Waals surface area contributed by atoms with Gasteiger partial charge in [-0.05, 0) is 56.4 Å². The second-order valence-corrected chi connectivity index (χ2v) is 9.05. The molecule has 0 saturated carbocycles. The van der Waals surface area contributed by atoms with Crippen LogP contribution in [0.4, 0.5) is 4.79 Å². The van der Waals surface area contributed by atoms with Gasteiger partial charge in [0.05, 0.1) is 12.0 Å². The number of benzene rings is 2. The Morgan fingerprint density at radius 3 is 2.27 bits per heavy atom. The lowest BCUT2D eigenvalue weighted by Crippen LogP contribution is -2.36. The molecule has 0 saturated heterocycles. The molecule has 6 nitrogen and oxygen atoms in total. The fourth-order valence-electron chi connectivity index (χ4n) is 3.47. The molecule has 0 aliphatic rings. The first-order valence-electron chi connectivity index (χ1n) is 9.64. The van der Waals surface area contributed by atoms with Crippen molar-refractivity contribution in [3.8, 4) is 0 Å². The SMILES string of the molecule is COC(=O)OC/C(C)=C/C(Cc1ccccc1)NS(=O)(=O)c1c(C)cc(C)cc1C. The minimum absolute atomic E-state index is 0.0161. The second-order valence-electron chi connectivity index (χ2n) is 7.40. The van der Waals surface area contributed by atoms with Crippen LogP contribution in [0.2, 0.25) is 0 Å². The molecule has 0 aromatic heterocycles. The van der Waals surface area contributed by atoms with E-state index in [4.69, 9.17) is 4.74 Å². The first-order chi connectivity index (χ1) is 14.1. The number of ether oxygens (including phenoxy) is 2. The third-order valence-electron chi connectivity index (χ3n) is 4.55. The Morgan fingerprint density at radius 2 is 1.70 bits per heavy atom. The highest BCUT2D eigenvalue weighted by Crippen LogP contribution is 2.22. The van der Waals surface area contributed by atoms with Crippen LogP contribution in [-0.4, -0.2) is 34.3 Å². The third-order valence-corrected chi connectivity index (χ3v) is 6.34. The Morgan fingerprint density at radius 1 is 1.10 bits per heavy atom. The molecule has 0 aliphatic heterocycles. The van der Waals surface area contributed by atoms with Crippen LogP contribution in [-0.2, 0) is 25.9 Å². The van der Waals surface area contributed by atoms with E-state index in [1.54, 1.807) is 26.8 Å². The minimum Gasteiger partial charge on any atom is -0.438 e. The molecule has 0 bridgehead atoms. The van der Waals surface area contributed by atoms with Gasteiger partial charge in [0.1, 0.15) is 6.61 Å². The molecule has 7 heteroatoms. The lowest BCUT2D eigenvalue weighted by molar-refractivity contribution is 0.0798. The van der Waals surface area contributed by atoms with Crippen LogP contribution in [0.3, 0.4) is 0 Å². The molecular weight excluding hydrogens is 402 g/mol. The Hall–Kier alpha value is -2.64. The van der Waals surface area contributed by atoms with Crippen molar-refractivity contribution in [3.05, 3.63) is 76.4 Å². The van der Waals surface area contributed by atoms with Gasteiger partial charge in [0, 0.05) is 6.04 Å². The van der Waals surface area contributed by atoms with E-state index >= 15 is 0 Å². The molecule has 1 unspecified atom stereocenters. The van der Waals surface area contributed by atoms with Crippen LogP contribution in [0, 0.1) is 20.8 Å². The van der Waals surface area contributed by atoms with E-state index in [9.17, 15) is 13.2 Å². The van der Waals surface area contributed by atoms with Gasteiger partial charge in [-0.25, -0.2) is 17.9 Å². The quantitative estimate of drug-likeness (QED) is 0.500. The summed E-state index contributed by atoms with van der Waals surface area (Å²) in [5, 5.41) is 0. The van der Waals surface area contributed by atoms with Gasteiger partial charge in [0.2, 0.25) is 10.0 Å². The van der Waals surface area contributed by atoms with Crippen LogP contribution in [0.5, 0.6) is 0 Å². The molecule has 1 atom stereocenters. The molecule has 2 rings (SSSR count). The maximum Gasteiger partial charge on any atom is 0.508 e. The highest BCUT2D eigenvalue weighted by molar-refractivity contribution is 7.89. The molecule has 0 fully saturated rings. The summed E-state index contributed by atoms with van der Waals surface area (Å²) in [6, 6.07) is 12.8. The topological polar surface area (TPSA) is 81.7 Å². The standard InChI is InChI=1S/C23H29NO5S/c1-16-11-18(3)22(19(4)12-16)30(26,27)24-21(14-20-9-7-6-8-10-20)13-17(2)15-29-23(25)28-5/h6-13,21,24H,14-15H2,1-5H3/b17-13+. The highest BCUT2D eigenvalue weighted by Gasteiger charge is 2.23. The van der Waals surface area contributed by atoms with Crippen molar-refractivity contribution in [3.63, 3.8) is 0 Å². The van der Waals surface area contributed by atoms with Crippen molar-refractivity contribution in [2.24, 2.45) is 0 Å². The van der Waals surface area contributed by atoms with Gasteiger partial charge >= 0.3 is 6.16 Å². The van der Waals surface area contributed by atoms with Crippen molar-refractivity contribution in [1.82, 2.24) is 4.72 Å². The molecule has 0 spiro atoms. The fourth-order valence-corrected chi connectivity index (χ4v) is 5.11. The number of nitrogens with one attached hydrogen (secondary N) is 1. The van der Waals surface area contributed by atoms with Gasteiger partial charge in [0.15, 0.2) is 0 Å². The van der Waals surface area contributed by atoms with Crippen molar-refractivity contribution in [1.29, 1.82) is 0 Å². The first-order valence-corrected chi connectivity index (χ1v) is 11.1. The van der Waals surface area contributed by atoms with Crippen LogP contribution in [0.15, 0.2) is 59.0 Å². The smallest absolute Gasteiger partial charge is 0.438 e. The molecule has 2 aromatic carbocycles. The summed E-state index contributed by atoms with van der Waals surface area (Å²) in [7, 11) is -2.53. The largest absolute Gasteiger partial charge is 0.508 e. The number of hydrogen-bond acceptors (Lipinski definition) is 5. The predicted molar refractivity (Wildman–Crippen MR) is 117 cm³/mol. The molecule has 0 radical (unpaired) electrons.